The zero-order chi connectivity index (χ0) is 17.7. The summed E-state index contributed by atoms with van der Waals surface area (Å²) in [7, 11) is -3.27. The first-order valence-electron chi connectivity index (χ1n) is 7.50. The van der Waals surface area contributed by atoms with Gasteiger partial charge in [-0.2, -0.15) is 5.10 Å². The van der Waals surface area contributed by atoms with Crippen LogP contribution in [0.25, 0.3) is 0 Å². The highest BCUT2D eigenvalue weighted by molar-refractivity contribution is 7.90. The minimum atomic E-state index is -3.27. The van der Waals surface area contributed by atoms with Crippen LogP contribution in [0.2, 0.25) is 0 Å². The summed E-state index contributed by atoms with van der Waals surface area (Å²) in [4.78, 5) is 4.29. The van der Waals surface area contributed by atoms with Crippen molar-refractivity contribution in [1.82, 2.24) is 14.8 Å². The molecule has 0 N–H and O–H groups in total. The fraction of sp³-hybridized carbons (Fsp3) is 0.250. The number of sulfone groups is 1. The number of halogens is 1. The van der Waals surface area contributed by atoms with Crippen LogP contribution >= 0.6 is 11.3 Å². The van der Waals surface area contributed by atoms with E-state index in [1.165, 1.54) is 35.6 Å². The quantitative estimate of drug-likeness (QED) is 0.600. The lowest BCUT2D eigenvalue weighted by Crippen LogP contribution is -2.15. The van der Waals surface area contributed by atoms with Crippen LogP contribution in [0.3, 0.4) is 0 Å². The molecule has 0 atom stereocenters. The van der Waals surface area contributed by atoms with Gasteiger partial charge < -0.3 is 4.74 Å². The third-order valence-electron chi connectivity index (χ3n) is 3.33. The maximum absolute atomic E-state index is 12.8. The van der Waals surface area contributed by atoms with Crippen molar-refractivity contribution in [3.63, 3.8) is 0 Å². The van der Waals surface area contributed by atoms with Gasteiger partial charge in [0.15, 0.2) is 9.84 Å². The maximum Gasteiger partial charge on any atom is 0.157 e. The van der Waals surface area contributed by atoms with Crippen LogP contribution in [-0.4, -0.2) is 28.9 Å². The zero-order valence-corrected chi connectivity index (χ0v) is 14.8. The first kappa shape index (κ1) is 17.6. The van der Waals surface area contributed by atoms with E-state index in [1.807, 2.05) is 0 Å². The van der Waals surface area contributed by atoms with Gasteiger partial charge in [0, 0.05) is 17.8 Å². The summed E-state index contributed by atoms with van der Waals surface area (Å²) >= 11 is 1.34. The predicted octanol–water partition coefficient (Wildman–Crippen LogP) is 2.67. The Morgan fingerprint density at radius 1 is 1.24 bits per heavy atom. The minimum Gasteiger partial charge on any atom is -0.486 e. The van der Waals surface area contributed by atoms with Crippen LogP contribution < -0.4 is 4.74 Å². The number of nitrogens with zero attached hydrogens (tertiary/aromatic N) is 3. The molecular formula is C16H16FN3O3S2. The topological polar surface area (TPSA) is 74.1 Å². The van der Waals surface area contributed by atoms with Crippen LogP contribution in [0.4, 0.5) is 4.39 Å². The Kier molecular flexibility index (Phi) is 5.44. The van der Waals surface area contributed by atoms with Crippen molar-refractivity contribution in [3.05, 3.63) is 64.6 Å². The molecular weight excluding hydrogens is 365 g/mol. The zero-order valence-electron chi connectivity index (χ0n) is 13.2. The molecule has 1 aromatic carbocycles. The Labute approximate surface area is 148 Å². The van der Waals surface area contributed by atoms with Crippen LogP contribution in [0, 0.1) is 5.82 Å². The van der Waals surface area contributed by atoms with Gasteiger partial charge in [0.1, 0.15) is 23.2 Å². The number of aryl methyl sites for hydroxylation is 1. The molecule has 2 aromatic heterocycles. The lowest BCUT2D eigenvalue weighted by molar-refractivity contribution is 0.305. The lowest BCUT2D eigenvalue weighted by Gasteiger charge is -2.04. The van der Waals surface area contributed by atoms with Gasteiger partial charge in [-0.25, -0.2) is 17.8 Å². The van der Waals surface area contributed by atoms with Crippen LogP contribution in [-0.2, 0) is 28.7 Å². The summed E-state index contributed by atoms with van der Waals surface area (Å²) in [6.45, 7) is 0.531. The van der Waals surface area contributed by atoms with Gasteiger partial charge in [0.25, 0.3) is 0 Å². The van der Waals surface area contributed by atoms with E-state index >= 15 is 0 Å². The van der Waals surface area contributed by atoms with Crippen LogP contribution in [0.1, 0.15) is 10.7 Å². The Hall–Kier alpha value is -2.26. The molecule has 6 nitrogen and oxygen atoms in total. The first-order chi connectivity index (χ1) is 12.0. The molecule has 0 radical (unpaired) electrons. The number of rotatable bonds is 8. The molecule has 2 heterocycles. The SMILES string of the molecule is O=S(=O)(CCn1cccn1)Cc1csc(COc2ccc(F)cc2)n1. The number of hydrogen-bond acceptors (Lipinski definition) is 6. The van der Waals surface area contributed by atoms with E-state index in [1.54, 1.807) is 28.5 Å². The van der Waals surface area contributed by atoms with Gasteiger partial charge in [-0.15, -0.1) is 11.3 Å². The summed E-state index contributed by atoms with van der Waals surface area (Å²) in [6, 6.07) is 7.44. The van der Waals surface area contributed by atoms with Gasteiger partial charge in [-0.3, -0.25) is 4.68 Å². The highest BCUT2D eigenvalue weighted by atomic mass is 32.2. The second-order valence-corrected chi connectivity index (χ2v) is 8.46. The number of thiazole rings is 1. The van der Waals surface area contributed by atoms with Crippen molar-refractivity contribution in [2.75, 3.05) is 5.75 Å². The molecule has 132 valence electrons. The molecule has 0 saturated heterocycles. The van der Waals surface area contributed by atoms with Crippen molar-refractivity contribution in [2.24, 2.45) is 0 Å². The second kappa shape index (κ2) is 7.75. The summed E-state index contributed by atoms with van der Waals surface area (Å²) in [5.74, 6) is 0.101. The molecule has 0 amide bonds. The van der Waals surface area contributed by atoms with Gasteiger partial charge in [0.2, 0.25) is 0 Å². The summed E-state index contributed by atoms with van der Waals surface area (Å²) in [5.41, 5.74) is 0.503. The van der Waals surface area contributed by atoms with Gasteiger partial charge in [-0.1, -0.05) is 0 Å². The smallest absolute Gasteiger partial charge is 0.157 e. The van der Waals surface area contributed by atoms with Crippen molar-refractivity contribution in [1.29, 1.82) is 0 Å². The molecule has 3 rings (SSSR count). The highest BCUT2D eigenvalue weighted by Crippen LogP contribution is 2.17. The molecule has 0 aliphatic rings. The molecule has 25 heavy (non-hydrogen) atoms. The van der Waals surface area contributed by atoms with E-state index in [0.29, 0.717) is 23.0 Å². The second-order valence-electron chi connectivity index (χ2n) is 5.34. The fourth-order valence-corrected chi connectivity index (χ4v) is 4.14. The molecule has 9 heteroatoms. The van der Waals surface area contributed by atoms with Crippen molar-refractivity contribution >= 4 is 21.2 Å². The highest BCUT2D eigenvalue weighted by Gasteiger charge is 2.15. The summed E-state index contributed by atoms with van der Waals surface area (Å²) in [6.07, 6.45) is 3.34. The third kappa shape index (κ3) is 5.36. The normalized spacial score (nSPS) is 11.6. The Morgan fingerprint density at radius 2 is 2.04 bits per heavy atom. The number of benzene rings is 1. The van der Waals surface area contributed by atoms with Crippen molar-refractivity contribution < 1.29 is 17.5 Å². The average molecular weight is 381 g/mol. The van der Waals surface area contributed by atoms with E-state index in [4.69, 9.17) is 4.74 Å². The molecule has 0 fully saturated rings. The molecule has 0 spiro atoms. The Bertz CT molecular complexity index is 907. The van der Waals surface area contributed by atoms with Gasteiger partial charge in [0.05, 0.1) is 23.7 Å². The van der Waals surface area contributed by atoms with Crippen molar-refractivity contribution in [2.45, 2.75) is 18.9 Å². The van der Waals surface area contributed by atoms with Gasteiger partial charge >= 0.3 is 0 Å². The molecule has 3 aromatic rings. The van der Waals surface area contributed by atoms with E-state index in [9.17, 15) is 12.8 Å². The predicted molar refractivity (Wildman–Crippen MR) is 92.6 cm³/mol. The minimum absolute atomic E-state index is 0.00756. The monoisotopic (exact) mass is 381 g/mol. The number of hydrogen-bond donors (Lipinski definition) is 0. The lowest BCUT2D eigenvalue weighted by atomic mass is 10.3. The van der Waals surface area contributed by atoms with E-state index < -0.39 is 9.84 Å². The Balaban J connectivity index is 1.52. The molecule has 0 aliphatic carbocycles. The first-order valence-corrected chi connectivity index (χ1v) is 10.2. The van der Waals surface area contributed by atoms with Crippen molar-refractivity contribution in [3.8, 4) is 5.75 Å². The molecule has 0 aliphatic heterocycles. The van der Waals surface area contributed by atoms with Gasteiger partial charge in [-0.05, 0) is 30.3 Å². The van der Waals surface area contributed by atoms with Crippen LogP contribution in [0.5, 0.6) is 5.75 Å². The summed E-state index contributed by atoms with van der Waals surface area (Å²) in [5, 5.41) is 6.37. The molecule has 0 unspecified atom stereocenters. The number of ether oxygens (including phenoxy) is 1. The summed E-state index contributed by atoms with van der Waals surface area (Å²) < 4.78 is 44.3. The third-order valence-corrected chi connectivity index (χ3v) is 5.74. The molecule has 0 saturated carbocycles. The largest absolute Gasteiger partial charge is 0.486 e. The average Bonchev–Trinajstić information content (AvgIpc) is 3.24. The van der Waals surface area contributed by atoms with E-state index in [-0.39, 0.29) is 23.9 Å². The van der Waals surface area contributed by atoms with E-state index in [0.717, 1.165) is 0 Å². The standard InChI is InChI=1S/C16H16FN3O3S2/c17-13-2-4-15(5-3-13)23-10-16-19-14(11-24-16)12-25(21,22)9-8-20-7-1-6-18-20/h1-7,11H,8-10,12H2. The maximum atomic E-state index is 12.8. The molecule has 0 bridgehead atoms. The number of aromatic nitrogens is 3. The van der Waals surface area contributed by atoms with Crippen LogP contribution in [0.15, 0.2) is 48.1 Å². The fourth-order valence-electron chi connectivity index (χ4n) is 2.12. The van der Waals surface area contributed by atoms with E-state index in [2.05, 4.69) is 10.1 Å². The Morgan fingerprint density at radius 3 is 2.76 bits per heavy atom.